The van der Waals surface area contributed by atoms with Gasteiger partial charge in [0, 0.05) is 17.1 Å². The summed E-state index contributed by atoms with van der Waals surface area (Å²) in [6, 6.07) is 3.97. The molecule has 0 aliphatic carbocycles. The van der Waals surface area contributed by atoms with Crippen LogP contribution in [0, 0.1) is 11.8 Å². The maximum Gasteiger partial charge on any atom is 0.139 e. The van der Waals surface area contributed by atoms with E-state index < -0.39 is 0 Å². The second-order valence-electron chi connectivity index (χ2n) is 5.77. The SMILES string of the molecule is CCCNC(c1cc(Cl)c(OCC)cc1Cl)C(C)C(C)C. The van der Waals surface area contributed by atoms with E-state index in [9.17, 15) is 0 Å². The second kappa shape index (κ2) is 8.87. The molecule has 2 unspecified atom stereocenters. The Balaban J connectivity index is 3.14. The Labute approximate surface area is 139 Å². The lowest BCUT2D eigenvalue weighted by molar-refractivity contribution is 0.303. The predicted octanol–water partition coefficient (Wildman–Crippen LogP) is 5.72. The molecule has 1 aromatic rings. The minimum absolute atomic E-state index is 0.200. The first-order valence-corrected chi connectivity index (χ1v) is 8.53. The van der Waals surface area contributed by atoms with E-state index in [1.165, 1.54) is 0 Å². The lowest BCUT2D eigenvalue weighted by Gasteiger charge is -2.29. The standard InChI is InChI=1S/C17H27Cl2NO/c1-6-8-20-17(12(5)11(3)4)13-9-15(19)16(21-7-2)10-14(13)18/h9-12,17,20H,6-8H2,1-5H3. The highest BCUT2D eigenvalue weighted by Crippen LogP contribution is 2.38. The smallest absolute Gasteiger partial charge is 0.139 e. The highest BCUT2D eigenvalue weighted by Gasteiger charge is 2.24. The van der Waals surface area contributed by atoms with Crippen molar-refractivity contribution in [3.8, 4) is 5.75 Å². The van der Waals surface area contributed by atoms with Gasteiger partial charge in [0.2, 0.25) is 0 Å². The topological polar surface area (TPSA) is 21.3 Å². The molecule has 0 saturated heterocycles. The average Bonchev–Trinajstić information content (AvgIpc) is 2.43. The van der Waals surface area contributed by atoms with Crippen LogP contribution in [0.5, 0.6) is 5.75 Å². The van der Waals surface area contributed by atoms with Crippen molar-refractivity contribution in [3.05, 3.63) is 27.7 Å². The van der Waals surface area contributed by atoms with Crippen molar-refractivity contribution in [2.75, 3.05) is 13.2 Å². The third-order valence-corrected chi connectivity index (χ3v) is 4.50. The van der Waals surface area contributed by atoms with Crippen molar-refractivity contribution in [3.63, 3.8) is 0 Å². The van der Waals surface area contributed by atoms with Gasteiger partial charge in [-0.2, -0.15) is 0 Å². The fourth-order valence-electron chi connectivity index (χ4n) is 2.31. The van der Waals surface area contributed by atoms with Crippen molar-refractivity contribution in [2.45, 2.75) is 47.1 Å². The minimum atomic E-state index is 0.200. The van der Waals surface area contributed by atoms with Gasteiger partial charge in [0.15, 0.2) is 0 Å². The van der Waals surface area contributed by atoms with Crippen molar-refractivity contribution in [1.29, 1.82) is 0 Å². The summed E-state index contributed by atoms with van der Waals surface area (Å²) in [6.07, 6.45) is 1.09. The number of nitrogens with one attached hydrogen (secondary N) is 1. The van der Waals surface area contributed by atoms with Gasteiger partial charge >= 0.3 is 0 Å². The van der Waals surface area contributed by atoms with Gasteiger partial charge in [-0.05, 0) is 43.4 Å². The van der Waals surface area contributed by atoms with Gasteiger partial charge in [-0.1, -0.05) is 50.9 Å². The molecule has 0 heterocycles. The zero-order chi connectivity index (χ0) is 16.0. The molecule has 0 aromatic heterocycles. The van der Waals surface area contributed by atoms with Crippen LogP contribution in [0.3, 0.4) is 0 Å². The third-order valence-electron chi connectivity index (χ3n) is 3.88. The molecule has 1 rings (SSSR count). The van der Waals surface area contributed by atoms with Crippen LogP contribution in [0.1, 0.15) is 52.6 Å². The van der Waals surface area contributed by atoms with Gasteiger partial charge in [0.05, 0.1) is 11.6 Å². The van der Waals surface area contributed by atoms with Crippen LogP contribution in [0.4, 0.5) is 0 Å². The van der Waals surface area contributed by atoms with Crippen LogP contribution in [0.25, 0.3) is 0 Å². The first-order chi connectivity index (χ1) is 9.92. The van der Waals surface area contributed by atoms with Crippen molar-refractivity contribution < 1.29 is 4.74 Å². The molecule has 2 atom stereocenters. The highest BCUT2D eigenvalue weighted by molar-refractivity contribution is 6.34. The first kappa shape index (κ1) is 18.6. The molecule has 1 aromatic carbocycles. The predicted molar refractivity (Wildman–Crippen MR) is 92.7 cm³/mol. The van der Waals surface area contributed by atoms with Crippen molar-refractivity contribution in [2.24, 2.45) is 11.8 Å². The van der Waals surface area contributed by atoms with Gasteiger partial charge in [0.25, 0.3) is 0 Å². The molecule has 21 heavy (non-hydrogen) atoms. The normalized spacial score (nSPS) is 14.3. The van der Waals surface area contributed by atoms with Gasteiger partial charge in [-0.15, -0.1) is 0 Å². The highest BCUT2D eigenvalue weighted by atomic mass is 35.5. The van der Waals surface area contributed by atoms with Gasteiger partial charge < -0.3 is 10.1 Å². The van der Waals surface area contributed by atoms with Crippen LogP contribution in [0.2, 0.25) is 10.0 Å². The molecule has 0 aliphatic rings. The van der Waals surface area contributed by atoms with Crippen molar-refractivity contribution in [1.82, 2.24) is 5.32 Å². The molecule has 2 nitrogen and oxygen atoms in total. The molecule has 0 fully saturated rings. The Kier molecular flexibility index (Phi) is 7.86. The molecule has 1 N–H and O–H groups in total. The fraction of sp³-hybridized carbons (Fsp3) is 0.647. The number of hydrogen-bond donors (Lipinski definition) is 1. The van der Waals surface area contributed by atoms with Gasteiger partial charge in [-0.3, -0.25) is 0 Å². The molecular weight excluding hydrogens is 305 g/mol. The summed E-state index contributed by atoms with van der Waals surface area (Å²) in [5.74, 6) is 1.67. The maximum absolute atomic E-state index is 6.48. The van der Waals surface area contributed by atoms with Crippen LogP contribution in [-0.4, -0.2) is 13.2 Å². The Bertz CT molecular complexity index is 449. The van der Waals surface area contributed by atoms with Crippen LogP contribution in [-0.2, 0) is 0 Å². The van der Waals surface area contributed by atoms with E-state index in [1.807, 2.05) is 19.1 Å². The Morgan fingerprint density at radius 3 is 2.29 bits per heavy atom. The Morgan fingerprint density at radius 2 is 1.76 bits per heavy atom. The molecule has 4 heteroatoms. The Hall–Kier alpha value is -0.440. The Morgan fingerprint density at radius 1 is 1.10 bits per heavy atom. The summed E-state index contributed by atoms with van der Waals surface area (Å²) in [7, 11) is 0. The first-order valence-electron chi connectivity index (χ1n) is 7.77. The largest absolute Gasteiger partial charge is 0.492 e. The summed E-state index contributed by atoms with van der Waals surface area (Å²) >= 11 is 12.8. The molecular formula is C17H27Cl2NO. The molecule has 0 amide bonds. The van der Waals surface area contributed by atoms with E-state index in [0.717, 1.165) is 18.5 Å². The van der Waals surface area contributed by atoms with Crippen LogP contribution < -0.4 is 10.1 Å². The second-order valence-corrected chi connectivity index (χ2v) is 6.59. The number of benzene rings is 1. The van der Waals surface area contributed by atoms with Crippen LogP contribution in [0.15, 0.2) is 12.1 Å². The van der Waals surface area contributed by atoms with E-state index in [-0.39, 0.29) is 6.04 Å². The van der Waals surface area contributed by atoms with E-state index >= 15 is 0 Å². The number of rotatable bonds is 8. The third kappa shape index (κ3) is 5.05. The molecule has 0 spiro atoms. The summed E-state index contributed by atoms with van der Waals surface area (Å²) in [5, 5.41) is 4.94. The number of ether oxygens (including phenoxy) is 1. The molecule has 0 bridgehead atoms. The van der Waals surface area contributed by atoms with Crippen LogP contribution >= 0.6 is 23.2 Å². The minimum Gasteiger partial charge on any atom is -0.492 e. The van der Waals surface area contributed by atoms with Gasteiger partial charge in [0.1, 0.15) is 5.75 Å². The zero-order valence-corrected chi connectivity index (χ0v) is 15.2. The average molecular weight is 332 g/mol. The van der Waals surface area contributed by atoms with Gasteiger partial charge in [-0.25, -0.2) is 0 Å². The van der Waals surface area contributed by atoms with E-state index in [4.69, 9.17) is 27.9 Å². The molecule has 0 radical (unpaired) electrons. The maximum atomic E-state index is 6.48. The van der Waals surface area contributed by atoms with E-state index in [0.29, 0.717) is 34.2 Å². The number of halogens is 2. The lowest BCUT2D eigenvalue weighted by Crippen LogP contribution is -2.30. The molecule has 0 saturated carbocycles. The van der Waals surface area contributed by atoms with E-state index in [1.54, 1.807) is 0 Å². The lowest BCUT2D eigenvalue weighted by atomic mass is 9.86. The quantitative estimate of drug-likeness (QED) is 0.657. The van der Waals surface area contributed by atoms with Crippen molar-refractivity contribution >= 4 is 23.2 Å². The summed E-state index contributed by atoms with van der Waals surface area (Å²) in [4.78, 5) is 0. The zero-order valence-electron chi connectivity index (χ0n) is 13.7. The fourth-order valence-corrected chi connectivity index (χ4v) is 2.81. The summed E-state index contributed by atoms with van der Waals surface area (Å²) < 4.78 is 5.50. The monoisotopic (exact) mass is 331 g/mol. The van der Waals surface area contributed by atoms with E-state index in [2.05, 4.69) is 33.0 Å². The number of hydrogen-bond acceptors (Lipinski definition) is 2. The summed E-state index contributed by atoms with van der Waals surface area (Å²) in [6.45, 7) is 12.4. The molecule has 0 aliphatic heterocycles. The summed E-state index contributed by atoms with van der Waals surface area (Å²) in [5.41, 5.74) is 1.06. The molecule has 120 valence electrons.